The van der Waals surface area contributed by atoms with Crippen molar-refractivity contribution in [2.75, 3.05) is 5.32 Å². The van der Waals surface area contributed by atoms with Crippen LogP contribution in [0.5, 0.6) is 11.5 Å². The quantitative estimate of drug-likeness (QED) is 0.444. The Kier molecular flexibility index (Phi) is 6.39. The molecule has 0 radical (unpaired) electrons. The molecule has 1 atom stereocenters. The van der Waals surface area contributed by atoms with Crippen molar-refractivity contribution in [1.29, 1.82) is 0 Å². The average Bonchev–Trinajstić information content (AvgIpc) is 3.24. The minimum atomic E-state index is -0.675. The van der Waals surface area contributed by atoms with Crippen LogP contribution in [0.25, 0.3) is 5.78 Å². The van der Waals surface area contributed by atoms with Crippen LogP contribution < -0.4 is 20.3 Å². The molecule has 2 aromatic carbocycles. The maximum atomic E-state index is 12.5. The fourth-order valence-electron chi connectivity index (χ4n) is 3.23. The van der Waals surface area contributed by atoms with Crippen LogP contribution in [-0.2, 0) is 11.4 Å². The van der Waals surface area contributed by atoms with E-state index in [4.69, 9.17) is 9.47 Å². The summed E-state index contributed by atoms with van der Waals surface area (Å²) in [5.74, 6) is 1.19. The molecule has 9 heteroatoms. The number of nitrogens with one attached hydrogen (secondary N) is 1. The monoisotopic (exact) mass is 447 g/mol. The predicted octanol–water partition coefficient (Wildman–Crippen LogP) is 3.46. The summed E-state index contributed by atoms with van der Waals surface area (Å²) in [7, 11) is 0. The van der Waals surface area contributed by atoms with Gasteiger partial charge in [0.25, 0.3) is 17.2 Å². The molecule has 4 rings (SSSR count). The minimum Gasteiger partial charge on any atom is -0.487 e. The topological polar surface area (TPSA) is 99.8 Å². The number of benzene rings is 2. The standard InChI is InChI=1S/C24H25N5O4/c1-16(2)28-15-25-24-27-19(13-22(30)29(24)28)14-32-21-11-7-8-18(12-21)26-23(31)17(3)33-20-9-5-4-6-10-20/h4-13,15-17H,14H2,1-3H3,(H,26,31)/t17-/m1/s1. The number of hydrogen-bond acceptors (Lipinski definition) is 6. The molecule has 1 N–H and O–H groups in total. The van der Waals surface area contributed by atoms with Crippen LogP contribution in [0.3, 0.4) is 0 Å². The normalized spacial score (nSPS) is 12.0. The number of hydrogen-bond donors (Lipinski definition) is 1. The molecule has 0 aliphatic heterocycles. The first-order valence-corrected chi connectivity index (χ1v) is 10.6. The summed E-state index contributed by atoms with van der Waals surface area (Å²) in [5, 5.41) is 2.82. The summed E-state index contributed by atoms with van der Waals surface area (Å²) in [5.41, 5.74) is 0.812. The van der Waals surface area contributed by atoms with Crippen molar-refractivity contribution in [3.05, 3.63) is 83.0 Å². The summed E-state index contributed by atoms with van der Waals surface area (Å²) < 4.78 is 14.6. The highest BCUT2D eigenvalue weighted by Crippen LogP contribution is 2.19. The van der Waals surface area contributed by atoms with Crippen LogP contribution in [0, 0.1) is 0 Å². The van der Waals surface area contributed by atoms with Gasteiger partial charge in [0.05, 0.1) is 5.69 Å². The fraction of sp³-hybridized carbons (Fsp3) is 0.250. The Labute approximate surface area is 190 Å². The van der Waals surface area contributed by atoms with Gasteiger partial charge >= 0.3 is 0 Å². The molecule has 0 saturated heterocycles. The van der Waals surface area contributed by atoms with E-state index >= 15 is 0 Å². The highest BCUT2D eigenvalue weighted by Gasteiger charge is 2.15. The molecule has 2 aromatic heterocycles. The number of anilines is 1. The van der Waals surface area contributed by atoms with Gasteiger partial charge in [0.1, 0.15) is 24.4 Å². The summed E-state index contributed by atoms with van der Waals surface area (Å²) in [6.45, 7) is 5.70. The molecule has 4 aromatic rings. The molecule has 0 fully saturated rings. The Morgan fingerprint density at radius 1 is 1.03 bits per heavy atom. The van der Waals surface area contributed by atoms with E-state index in [0.29, 0.717) is 28.7 Å². The summed E-state index contributed by atoms with van der Waals surface area (Å²) >= 11 is 0. The van der Waals surface area contributed by atoms with Gasteiger partial charge in [0.15, 0.2) is 6.10 Å². The van der Waals surface area contributed by atoms with Gasteiger partial charge in [-0.3, -0.25) is 14.3 Å². The smallest absolute Gasteiger partial charge is 0.274 e. The molecule has 0 spiro atoms. The Bertz CT molecular complexity index is 1310. The highest BCUT2D eigenvalue weighted by molar-refractivity contribution is 5.94. The molecule has 1 amide bonds. The van der Waals surface area contributed by atoms with Crippen LogP contribution in [0.2, 0.25) is 0 Å². The number of amides is 1. The second-order valence-electron chi connectivity index (χ2n) is 7.79. The average molecular weight is 447 g/mol. The summed E-state index contributed by atoms with van der Waals surface area (Å²) in [4.78, 5) is 33.6. The molecule has 0 unspecified atom stereocenters. The molecule has 9 nitrogen and oxygen atoms in total. The zero-order valence-corrected chi connectivity index (χ0v) is 18.6. The van der Waals surface area contributed by atoms with Gasteiger partial charge in [0, 0.05) is 23.9 Å². The molecule has 0 aliphatic rings. The number of aromatic nitrogens is 4. The van der Waals surface area contributed by atoms with Gasteiger partial charge in [-0.25, -0.2) is 4.98 Å². The van der Waals surface area contributed by atoms with E-state index in [1.807, 2.05) is 32.0 Å². The second kappa shape index (κ2) is 9.56. The van der Waals surface area contributed by atoms with Crippen molar-refractivity contribution >= 4 is 17.4 Å². The van der Waals surface area contributed by atoms with Gasteiger partial charge in [-0.2, -0.15) is 9.50 Å². The zero-order chi connectivity index (χ0) is 23.4. The van der Waals surface area contributed by atoms with E-state index < -0.39 is 6.10 Å². The Morgan fingerprint density at radius 2 is 1.79 bits per heavy atom. The third-order valence-corrected chi connectivity index (χ3v) is 4.90. The van der Waals surface area contributed by atoms with E-state index in [2.05, 4.69) is 15.3 Å². The van der Waals surface area contributed by atoms with Crippen molar-refractivity contribution in [2.24, 2.45) is 0 Å². The van der Waals surface area contributed by atoms with E-state index in [1.54, 1.807) is 54.3 Å². The molecule has 0 saturated carbocycles. The van der Waals surface area contributed by atoms with Crippen molar-refractivity contribution in [2.45, 2.75) is 39.5 Å². The van der Waals surface area contributed by atoms with Gasteiger partial charge in [-0.15, -0.1) is 0 Å². The van der Waals surface area contributed by atoms with Crippen LogP contribution >= 0.6 is 0 Å². The number of fused-ring (bicyclic) bond motifs is 1. The van der Waals surface area contributed by atoms with E-state index in [0.717, 1.165) is 0 Å². The van der Waals surface area contributed by atoms with Crippen molar-refractivity contribution in [3.63, 3.8) is 0 Å². The van der Waals surface area contributed by atoms with Crippen LogP contribution in [0.1, 0.15) is 32.5 Å². The molecular weight excluding hydrogens is 422 g/mol. The molecule has 0 bridgehead atoms. The lowest BCUT2D eigenvalue weighted by Crippen LogP contribution is -2.30. The van der Waals surface area contributed by atoms with Crippen molar-refractivity contribution in [3.8, 4) is 11.5 Å². The first kappa shape index (κ1) is 22.1. The van der Waals surface area contributed by atoms with Gasteiger partial charge in [-0.1, -0.05) is 24.3 Å². The first-order chi connectivity index (χ1) is 15.9. The highest BCUT2D eigenvalue weighted by atomic mass is 16.5. The molecule has 33 heavy (non-hydrogen) atoms. The Balaban J connectivity index is 1.40. The van der Waals surface area contributed by atoms with Gasteiger partial charge < -0.3 is 14.8 Å². The number of carbonyl (C=O) groups is 1. The number of nitrogens with zero attached hydrogens (tertiary/aromatic N) is 4. The second-order valence-corrected chi connectivity index (χ2v) is 7.79. The number of ether oxygens (including phenoxy) is 2. The lowest BCUT2D eigenvalue weighted by molar-refractivity contribution is -0.122. The maximum absolute atomic E-state index is 12.5. The lowest BCUT2D eigenvalue weighted by atomic mass is 10.2. The maximum Gasteiger partial charge on any atom is 0.274 e. The van der Waals surface area contributed by atoms with Crippen LogP contribution in [0.4, 0.5) is 5.69 Å². The van der Waals surface area contributed by atoms with Gasteiger partial charge in [-0.05, 0) is 45.0 Å². The molecular formula is C24H25N5O4. The van der Waals surface area contributed by atoms with E-state index in [9.17, 15) is 9.59 Å². The zero-order valence-electron chi connectivity index (χ0n) is 18.6. The SMILES string of the molecule is CC(C)n1cnc2nc(COc3cccc(NC(=O)[C@@H](C)Oc4ccccc4)c3)cc(=O)n21. The first-order valence-electron chi connectivity index (χ1n) is 10.6. The van der Waals surface area contributed by atoms with E-state index in [1.165, 1.54) is 10.6 Å². The molecule has 0 aliphatic carbocycles. The Hall–Kier alpha value is -4.14. The van der Waals surface area contributed by atoms with E-state index in [-0.39, 0.29) is 24.1 Å². The molecule has 2 heterocycles. The van der Waals surface area contributed by atoms with Crippen molar-refractivity contribution in [1.82, 2.24) is 19.2 Å². The molecule has 170 valence electrons. The number of carbonyl (C=O) groups excluding carboxylic acids is 1. The van der Waals surface area contributed by atoms with Crippen molar-refractivity contribution < 1.29 is 14.3 Å². The largest absolute Gasteiger partial charge is 0.487 e. The lowest BCUT2D eigenvalue weighted by Gasteiger charge is -2.15. The summed E-state index contributed by atoms with van der Waals surface area (Å²) in [6, 6.07) is 17.7. The number of para-hydroxylation sites is 1. The number of rotatable bonds is 8. The fourth-order valence-corrected chi connectivity index (χ4v) is 3.23. The third-order valence-electron chi connectivity index (χ3n) is 4.90. The van der Waals surface area contributed by atoms with Crippen LogP contribution in [0.15, 0.2) is 71.8 Å². The Morgan fingerprint density at radius 3 is 2.55 bits per heavy atom. The summed E-state index contributed by atoms with van der Waals surface area (Å²) in [6.07, 6.45) is 0.916. The third kappa shape index (κ3) is 5.20. The van der Waals surface area contributed by atoms with Crippen LogP contribution in [-0.4, -0.2) is 31.2 Å². The minimum absolute atomic E-state index is 0.0790. The van der Waals surface area contributed by atoms with Gasteiger partial charge in [0.2, 0.25) is 0 Å². The predicted molar refractivity (Wildman–Crippen MR) is 124 cm³/mol.